The van der Waals surface area contributed by atoms with E-state index in [2.05, 4.69) is 4.98 Å². The van der Waals surface area contributed by atoms with Crippen molar-refractivity contribution >= 4 is 29.1 Å². The number of pyridine rings is 1. The van der Waals surface area contributed by atoms with E-state index in [0.717, 1.165) is 17.5 Å². The van der Waals surface area contributed by atoms with Gasteiger partial charge in [0.1, 0.15) is 5.75 Å². The maximum absolute atomic E-state index is 13.3. The average molecular weight is 437 g/mol. The van der Waals surface area contributed by atoms with E-state index in [9.17, 15) is 9.59 Å². The summed E-state index contributed by atoms with van der Waals surface area (Å²) in [6.07, 6.45) is 1.31. The summed E-state index contributed by atoms with van der Waals surface area (Å²) in [6, 6.07) is 3.62. The van der Waals surface area contributed by atoms with Gasteiger partial charge in [-0.1, -0.05) is 23.2 Å². The van der Waals surface area contributed by atoms with Crippen LogP contribution in [0.3, 0.4) is 0 Å². The molecule has 1 aromatic carbocycles. The van der Waals surface area contributed by atoms with Gasteiger partial charge in [-0.25, -0.2) is 0 Å². The zero-order valence-electron chi connectivity index (χ0n) is 16.3. The highest BCUT2D eigenvalue weighted by Gasteiger charge is 2.32. The Kier molecular flexibility index (Phi) is 5.60. The van der Waals surface area contributed by atoms with E-state index in [-0.39, 0.29) is 18.0 Å². The standard InChI is InChI=1S/C21H22Cl2N2O4/c1-11-5-17(28-2)15(20(26)24-11)8-25-4-3-14-16(22)7-13(6-12-9-29-10-12)19(23)18(14)21(25)27/h5,7,12H,3-4,6,8-10H2,1-2H3,(H,24,26). The highest BCUT2D eigenvalue weighted by molar-refractivity contribution is 6.37. The monoisotopic (exact) mass is 436 g/mol. The van der Waals surface area contributed by atoms with E-state index < -0.39 is 0 Å². The summed E-state index contributed by atoms with van der Waals surface area (Å²) in [5, 5.41) is 1.02. The first kappa shape index (κ1) is 20.3. The molecule has 0 aliphatic carbocycles. The topological polar surface area (TPSA) is 71.6 Å². The molecule has 0 bridgehead atoms. The normalized spacial score (nSPS) is 16.6. The van der Waals surface area contributed by atoms with Gasteiger partial charge >= 0.3 is 0 Å². The van der Waals surface area contributed by atoms with Crippen molar-refractivity contribution in [3.63, 3.8) is 0 Å². The highest BCUT2D eigenvalue weighted by atomic mass is 35.5. The van der Waals surface area contributed by atoms with Crippen molar-refractivity contribution in [1.29, 1.82) is 0 Å². The molecule has 0 radical (unpaired) electrons. The summed E-state index contributed by atoms with van der Waals surface area (Å²) in [4.78, 5) is 30.1. The molecule has 2 aromatic rings. The third kappa shape index (κ3) is 3.77. The molecular weight excluding hydrogens is 415 g/mol. The Morgan fingerprint density at radius 2 is 2.03 bits per heavy atom. The van der Waals surface area contributed by atoms with Crippen molar-refractivity contribution in [2.24, 2.45) is 5.92 Å². The van der Waals surface area contributed by atoms with E-state index >= 15 is 0 Å². The second kappa shape index (κ2) is 8.01. The highest BCUT2D eigenvalue weighted by Crippen LogP contribution is 2.37. The SMILES string of the molecule is COc1cc(C)[nH]c(=O)c1CN1CCc2c(Cl)cc(CC3COC3)c(Cl)c2C1=O. The predicted octanol–water partition coefficient (Wildman–Crippen LogP) is 3.39. The second-order valence-corrected chi connectivity index (χ2v) is 8.38. The molecule has 1 aromatic heterocycles. The number of aromatic nitrogens is 1. The summed E-state index contributed by atoms with van der Waals surface area (Å²) in [5.41, 5.74) is 2.94. The quantitative estimate of drug-likeness (QED) is 0.779. The minimum absolute atomic E-state index is 0.145. The van der Waals surface area contributed by atoms with Gasteiger partial charge in [0.25, 0.3) is 11.5 Å². The van der Waals surface area contributed by atoms with Crippen molar-refractivity contribution in [2.45, 2.75) is 26.3 Å². The minimum Gasteiger partial charge on any atom is -0.496 e. The lowest BCUT2D eigenvalue weighted by molar-refractivity contribution is -0.0312. The molecule has 1 saturated heterocycles. The molecule has 154 valence electrons. The zero-order valence-corrected chi connectivity index (χ0v) is 17.8. The molecule has 0 saturated carbocycles. The lowest BCUT2D eigenvalue weighted by Crippen LogP contribution is -2.39. The van der Waals surface area contributed by atoms with Gasteiger partial charge in [-0.15, -0.1) is 0 Å². The van der Waals surface area contributed by atoms with E-state index in [1.165, 1.54) is 7.11 Å². The summed E-state index contributed by atoms with van der Waals surface area (Å²) in [5.74, 6) is 0.645. The van der Waals surface area contributed by atoms with Crippen LogP contribution in [0.2, 0.25) is 10.0 Å². The molecular formula is C21H22Cl2N2O4. The average Bonchev–Trinajstić information content (AvgIpc) is 2.65. The van der Waals surface area contributed by atoms with Crippen LogP contribution < -0.4 is 10.3 Å². The Morgan fingerprint density at radius 3 is 2.69 bits per heavy atom. The van der Waals surface area contributed by atoms with Crippen LogP contribution in [-0.4, -0.2) is 42.7 Å². The number of H-pyrrole nitrogens is 1. The van der Waals surface area contributed by atoms with E-state index in [1.54, 1.807) is 17.9 Å². The number of benzene rings is 1. The third-order valence-electron chi connectivity index (χ3n) is 5.54. The first-order chi connectivity index (χ1) is 13.9. The van der Waals surface area contributed by atoms with Crippen molar-refractivity contribution in [2.75, 3.05) is 26.9 Å². The third-order valence-corrected chi connectivity index (χ3v) is 6.31. The molecule has 8 heteroatoms. The number of aryl methyl sites for hydroxylation is 1. The number of fused-ring (bicyclic) bond motifs is 1. The number of hydrogen-bond acceptors (Lipinski definition) is 4. The Morgan fingerprint density at radius 1 is 1.28 bits per heavy atom. The van der Waals surface area contributed by atoms with Crippen LogP contribution >= 0.6 is 23.2 Å². The predicted molar refractivity (Wildman–Crippen MR) is 111 cm³/mol. The number of amides is 1. The number of halogens is 2. The fraction of sp³-hybridized carbons (Fsp3) is 0.429. The fourth-order valence-electron chi connectivity index (χ4n) is 3.91. The number of methoxy groups -OCH3 is 1. The van der Waals surface area contributed by atoms with Crippen molar-refractivity contribution < 1.29 is 14.3 Å². The number of hydrogen-bond donors (Lipinski definition) is 1. The number of nitrogens with zero attached hydrogens (tertiary/aromatic N) is 1. The van der Waals surface area contributed by atoms with Crippen LogP contribution in [0, 0.1) is 12.8 Å². The van der Waals surface area contributed by atoms with Crippen LogP contribution in [0.1, 0.15) is 32.7 Å². The summed E-state index contributed by atoms with van der Waals surface area (Å²) in [7, 11) is 1.51. The van der Waals surface area contributed by atoms with Gasteiger partial charge in [0.05, 0.1) is 43.0 Å². The second-order valence-electron chi connectivity index (χ2n) is 7.60. The largest absolute Gasteiger partial charge is 0.496 e. The van der Waals surface area contributed by atoms with Gasteiger partial charge in [-0.2, -0.15) is 0 Å². The maximum Gasteiger partial charge on any atom is 0.256 e. The summed E-state index contributed by atoms with van der Waals surface area (Å²) < 4.78 is 10.6. The van der Waals surface area contributed by atoms with Crippen molar-refractivity contribution in [1.82, 2.24) is 9.88 Å². The maximum atomic E-state index is 13.3. The van der Waals surface area contributed by atoms with Crippen LogP contribution in [0.15, 0.2) is 16.9 Å². The molecule has 2 aliphatic rings. The minimum atomic E-state index is -0.261. The smallest absolute Gasteiger partial charge is 0.256 e. The first-order valence-corrected chi connectivity index (χ1v) is 10.3. The van der Waals surface area contributed by atoms with Gasteiger partial charge < -0.3 is 19.4 Å². The van der Waals surface area contributed by atoms with E-state index in [0.29, 0.717) is 64.7 Å². The first-order valence-electron chi connectivity index (χ1n) is 9.52. The number of ether oxygens (including phenoxy) is 2. The van der Waals surface area contributed by atoms with Crippen molar-refractivity contribution in [3.05, 3.63) is 60.5 Å². The Bertz CT molecular complexity index is 1030. The number of carbonyl (C=O) groups is 1. The van der Waals surface area contributed by atoms with E-state index in [4.69, 9.17) is 32.7 Å². The molecule has 4 rings (SSSR count). The summed E-state index contributed by atoms with van der Waals surface area (Å²) in [6.45, 7) is 3.77. The molecule has 0 atom stereocenters. The molecule has 3 heterocycles. The van der Waals surface area contributed by atoms with Gasteiger partial charge in [0.2, 0.25) is 0 Å². The van der Waals surface area contributed by atoms with Crippen LogP contribution in [0.4, 0.5) is 0 Å². The molecule has 1 amide bonds. The zero-order chi connectivity index (χ0) is 20.7. The Balaban J connectivity index is 1.67. The lowest BCUT2D eigenvalue weighted by Gasteiger charge is -2.32. The van der Waals surface area contributed by atoms with Gasteiger partial charge in [-0.05, 0) is 43.0 Å². The molecule has 29 heavy (non-hydrogen) atoms. The molecule has 1 fully saturated rings. The number of aromatic amines is 1. The van der Waals surface area contributed by atoms with Gasteiger partial charge in [-0.3, -0.25) is 9.59 Å². The van der Waals surface area contributed by atoms with Crippen molar-refractivity contribution in [3.8, 4) is 5.75 Å². The fourth-order valence-corrected chi connectivity index (χ4v) is 4.56. The molecule has 1 N–H and O–H groups in total. The molecule has 2 aliphatic heterocycles. The lowest BCUT2D eigenvalue weighted by atomic mass is 9.91. The van der Waals surface area contributed by atoms with Crippen LogP contribution in [0.25, 0.3) is 0 Å². The van der Waals surface area contributed by atoms with Crippen LogP contribution in [0.5, 0.6) is 5.75 Å². The Labute approximate surface area is 178 Å². The molecule has 0 spiro atoms. The van der Waals surface area contributed by atoms with E-state index in [1.807, 2.05) is 6.07 Å². The van der Waals surface area contributed by atoms with Gasteiger partial charge in [0.15, 0.2) is 0 Å². The van der Waals surface area contributed by atoms with Gasteiger partial charge in [0, 0.05) is 23.2 Å². The molecule has 6 nitrogen and oxygen atoms in total. The number of carbonyl (C=O) groups excluding carboxylic acids is 1. The number of rotatable bonds is 5. The summed E-state index contributed by atoms with van der Waals surface area (Å²) >= 11 is 13.1. The number of nitrogens with one attached hydrogen (secondary N) is 1. The molecule has 0 unspecified atom stereocenters. The van der Waals surface area contributed by atoms with Crippen LogP contribution in [-0.2, 0) is 24.1 Å². The Hall–Kier alpha value is -2.02.